The number of hydrogen-bond acceptors (Lipinski definition) is 2. The monoisotopic (exact) mass is 488 g/mol. The number of aliphatic imine (C=N–C) groups is 1. The van der Waals surface area contributed by atoms with Crippen LogP contribution in [0.25, 0.3) is 0 Å². The molecule has 0 fully saturated rings. The van der Waals surface area contributed by atoms with Crippen LogP contribution in [0.15, 0.2) is 47.5 Å². The Morgan fingerprint density at radius 3 is 2.30 bits per heavy atom. The van der Waals surface area contributed by atoms with Gasteiger partial charge < -0.3 is 15.5 Å². The quantitative estimate of drug-likeness (QED) is 0.353. The van der Waals surface area contributed by atoms with Gasteiger partial charge in [0.05, 0.1) is 6.54 Å². The predicted octanol–water partition coefficient (Wildman–Crippen LogP) is 3.90. The molecule has 0 bridgehead atoms. The van der Waals surface area contributed by atoms with Crippen molar-refractivity contribution in [1.29, 1.82) is 0 Å². The van der Waals surface area contributed by atoms with Crippen LogP contribution in [0.3, 0.4) is 0 Å². The van der Waals surface area contributed by atoms with Crippen molar-refractivity contribution in [3.63, 3.8) is 0 Å². The topological polar surface area (TPSA) is 39.7 Å². The second-order valence-electron chi connectivity index (χ2n) is 6.34. The van der Waals surface area contributed by atoms with Crippen molar-refractivity contribution >= 4 is 29.9 Å². The molecule has 0 saturated carbocycles. The van der Waals surface area contributed by atoms with Gasteiger partial charge in [-0.05, 0) is 56.4 Å². The summed E-state index contributed by atoms with van der Waals surface area (Å²) in [6, 6.07) is 11.4. The summed E-state index contributed by atoms with van der Waals surface area (Å²) in [7, 11) is 3.82. The molecule has 0 saturated heterocycles. The largest absolute Gasteiger partial charge is 0.357 e. The van der Waals surface area contributed by atoms with Crippen LogP contribution in [0.5, 0.6) is 0 Å². The summed E-state index contributed by atoms with van der Waals surface area (Å²) in [5.41, 5.74) is 2.57. The molecule has 7 heteroatoms. The lowest BCUT2D eigenvalue weighted by atomic mass is 10.1. The average Bonchev–Trinajstić information content (AvgIpc) is 2.61. The van der Waals surface area contributed by atoms with Crippen LogP contribution in [-0.4, -0.2) is 31.5 Å². The number of hydrogen-bond donors (Lipinski definition) is 2. The third-order valence-electron chi connectivity index (χ3n) is 3.73. The van der Waals surface area contributed by atoms with Gasteiger partial charge in [0, 0.05) is 25.2 Å². The summed E-state index contributed by atoms with van der Waals surface area (Å²) in [4.78, 5) is 6.48. The fourth-order valence-corrected chi connectivity index (χ4v) is 2.49. The highest BCUT2D eigenvalue weighted by molar-refractivity contribution is 14.0. The van der Waals surface area contributed by atoms with E-state index in [-0.39, 0.29) is 35.6 Å². The lowest BCUT2D eigenvalue weighted by Gasteiger charge is -2.13. The smallest absolute Gasteiger partial charge is 0.191 e. The van der Waals surface area contributed by atoms with Gasteiger partial charge in [-0.15, -0.1) is 24.0 Å². The van der Waals surface area contributed by atoms with Crippen LogP contribution < -0.4 is 10.6 Å². The van der Waals surface area contributed by atoms with E-state index < -0.39 is 0 Å². The molecule has 2 aromatic rings. The van der Waals surface area contributed by atoms with Crippen LogP contribution in [0.2, 0.25) is 0 Å². The molecular weight excluding hydrogens is 461 g/mol. The molecule has 2 rings (SSSR count). The molecule has 148 valence electrons. The molecular formula is C20H27F2IN4. The van der Waals surface area contributed by atoms with Gasteiger partial charge in [0.15, 0.2) is 5.96 Å². The van der Waals surface area contributed by atoms with Gasteiger partial charge in [-0.1, -0.05) is 18.2 Å². The van der Waals surface area contributed by atoms with Gasteiger partial charge in [0.25, 0.3) is 0 Å². The Morgan fingerprint density at radius 2 is 1.67 bits per heavy atom. The first-order valence-electron chi connectivity index (χ1n) is 8.66. The second-order valence-corrected chi connectivity index (χ2v) is 6.34. The molecule has 0 heterocycles. The SMILES string of the molecule is CCNC(=NCc1ccc(F)c(CN(C)C)c1)NCc1ccc(F)cc1.I. The molecule has 0 atom stereocenters. The first-order valence-corrected chi connectivity index (χ1v) is 8.66. The Kier molecular flexibility index (Phi) is 10.2. The lowest BCUT2D eigenvalue weighted by Crippen LogP contribution is -2.36. The highest BCUT2D eigenvalue weighted by atomic mass is 127. The first-order chi connectivity index (χ1) is 12.5. The van der Waals surface area contributed by atoms with E-state index in [1.54, 1.807) is 18.2 Å². The van der Waals surface area contributed by atoms with E-state index in [2.05, 4.69) is 15.6 Å². The standard InChI is InChI=1S/C20H26F2N4.HI/c1-4-23-20(24-12-15-5-8-18(21)9-6-15)25-13-16-7-10-19(22)17(11-16)14-26(2)3;/h5-11H,4,12-14H2,1-3H3,(H2,23,24,25);1H. The van der Waals surface area contributed by atoms with Gasteiger partial charge in [-0.2, -0.15) is 0 Å². The number of nitrogens with one attached hydrogen (secondary N) is 2. The van der Waals surface area contributed by atoms with Crippen LogP contribution in [0, 0.1) is 11.6 Å². The Labute approximate surface area is 177 Å². The van der Waals surface area contributed by atoms with E-state index in [4.69, 9.17) is 0 Å². The fourth-order valence-electron chi connectivity index (χ4n) is 2.49. The van der Waals surface area contributed by atoms with Crippen molar-refractivity contribution in [3.05, 3.63) is 70.8 Å². The van der Waals surface area contributed by atoms with Gasteiger partial charge in [-0.3, -0.25) is 0 Å². The molecule has 0 amide bonds. The third kappa shape index (κ3) is 8.21. The minimum atomic E-state index is -0.251. The number of benzene rings is 2. The molecule has 0 aromatic heterocycles. The highest BCUT2D eigenvalue weighted by Gasteiger charge is 2.05. The minimum absolute atomic E-state index is 0. The molecule has 2 N–H and O–H groups in total. The molecule has 2 aromatic carbocycles. The fraction of sp³-hybridized carbons (Fsp3) is 0.350. The van der Waals surface area contributed by atoms with E-state index in [1.165, 1.54) is 18.2 Å². The van der Waals surface area contributed by atoms with Crippen molar-refractivity contribution in [1.82, 2.24) is 15.5 Å². The molecule has 0 aliphatic heterocycles. The van der Waals surface area contributed by atoms with Crippen LogP contribution in [-0.2, 0) is 19.6 Å². The number of guanidine groups is 1. The Bertz CT molecular complexity index is 733. The summed E-state index contributed by atoms with van der Waals surface area (Å²) >= 11 is 0. The van der Waals surface area contributed by atoms with Crippen LogP contribution >= 0.6 is 24.0 Å². The van der Waals surface area contributed by atoms with Gasteiger partial charge in [0.2, 0.25) is 0 Å². The molecule has 0 spiro atoms. The maximum atomic E-state index is 13.9. The Morgan fingerprint density at radius 1 is 1.00 bits per heavy atom. The molecule has 0 unspecified atom stereocenters. The Balaban J connectivity index is 0.00000364. The summed E-state index contributed by atoms with van der Waals surface area (Å²) in [6.07, 6.45) is 0. The number of rotatable bonds is 7. The summed E-state index contributed by atoms with van der Waals surface area (Å²) in [5, 5.41) is 6.39. The van der Waals surface area contributed by atoms with Gasteiger partial charge >= 0.3 is 0 Å². The predicted molar refractivity (Wildman–Crippen MR) is 117 cm³/mol. The third-order valence-corrected chi connectivity index (χ3v) is 3.73. The minimum Gasteiger partial charge on any atom is -0.357 e. The molecule has 0 aliphatic carbocycles. The summed E-state index contributed by atoms with van der Waals surface area (Å²) < 4.78 is 26.8. The Hall–Kier alpha value is -1.74. The zero-order valence-electron chi connectivity index (χ0n) is 15.9. The van der Waals surface area contributed by atoms with E-state index in [0.717, 1.165) is 17.7 Å². The number of nitrogens with zero attached hydrogens (tertiary/aromatic N) is 2. The van der Waals surface area contributed by atoms with E-state index in [0.29, 0.717) is 31.2 Å². The summed E-state index contributed by atoms with van der Waals surface area (Å²) in [6.45, 7) is 4.25. The van der Waals surface area contributed by atoms with E-state index in [1.807, 2.05) is 32.0 Å². The van der Waals surface area contributed by atoms with Crippen molar-refractivity contribution in [3.8, 4) is 0 Å². The van der Waals surface area contributed by atoms with E-state index in [9.17, 15) is 8.78 Å². The first kappa shape index (κ1) is 23.3. The van der Waals surface area contributed by atoms with E-state index >= 15 is 0 Å². The second kappa shape index (κ2) is 11.9. The van der Waals surface area contributed by atoms with Crippen molar-refractivity contribution in [2.75, 3.05) is 20.6 Å². The zero-order valence-corrected chi connectivity index (χ0v) is 18.3. The van der Waals surface area contributed by atoms with Crippen molar-refractivity contribution < 1.29 is 8.78 Å². The highest BCUT2D eigenvalue weighted by Crippen LogP contribution is 2.13. The van der Waals surface area contributed by atoms with Crippen molar-refractivity contribution in [2.24, 2.45) is 4.99 Å². The molecule has 0 radical (unpaired) electrons. The zero-order chi connectivity index (χ0) is 18.9. The number of halogens is 3. The van der Waals surface area contributed by atoms with Crippen LogP contribution in [0.1, 0.15) is 23.6 Å². The van der Waals surface area contributed by atoms with Crippen molar-refractivity contribution in [2.45, 2.75) is 26.6 Å². The summed E-state index contributed by atoms with van der Waals surface area (Å²) in [5.74, 6) is 0.210. The maximum Gasteiger partial charge on any atom is 0.191 e. The average molecular weight is 488 g/mol. The molecule has 4 nitrogen and oxygen atoms in total. The molecule has 0 aliphatic rings. The lowest BCUT2D eigenvalue weighted by molar-refractivity contribution is 0.392. The maximum absolute atomic E-state index is 13.9. The van der Waals surface area contributed by atoms with Gasteiger partial charge in [0.1, 0.15) is 11.6 Å². The van der Waals surface area contributed by atoms with Gasteiger partial charge in [-0.25, -0.2) is 13.8 Å². The molecule has 27 heavy (non-hydrogen) atoms. The van der Waals surface area contributed by atoms with Crippen LogP contribution in [0.4, 0.5) is 8.78 Å². The normalized spacial score (nSPS) is 11.3.